The highest BCUT2D eigenvalue weighted by molar-refractivity contribution is 9.10. The minimum atomic E-state index is -3.34. The Hall–Kier alpha value is -1.53. The summed E-state index contributed by atoms with van der Waals surface area (Å²) in [4.78, 5) is 0. The first-order valence-electron chi connectivity index (χ1n) is 6.23. The monoisotopic (exact) mass is 369 g/mol. The SMILES string of the molecule is COc1cc(Br)cc(-c2ccccc2NS(C)(=O)=O)c1C. The first-order chi connectivity index (χ1) is 9.81. The molecule has 0 saturated heterocycles. The zero-order valence-corrected chi connectivity index (χ0v) is 14.4. The molecule has 0 saturated carbocycles. The fourth-order valence-corrected chi connectivity index (χ4v) is 3.17. The van der Waals surface area contributed by atoms with Crippen LogP contribution in [0.5, 0.6) is 5.75 Å². The fourth-order valence-electron chi connectivity index (χ4n) is 2.15. The van der Waals surface area contributed by atoms with Crippen molar-refractivity contribution < 1.29 is 13.2 Å². The lowest BCUT2D eigenvalue weighted by Gasteiger charge is -2.15. The predicted molar refractivity (Wildman–Crippen MR) is 89.3 cm³/mol. The molecule has 2 aromatic rings. The number of anilines is 1. The van der Waals surface area contributed by atoms with E-state index in [9.17, 15) is 8.42 Å². The summed E-state index contributed by atoms with van der Waals surface area (Å²) in [6.45, 7) is 1.94. The van der Waals surface area contributed by atoms with E-state index in [4.69, 9.17) is 4.74 Å². The summed E-state index contributed by atoms with van der Waals surface area (Å²) >= 11 is 3.45. The van der Waals surface area contributed by atoms with Crippen LogP contribution in [0.2, 0.25) is 0 Å². The van der Waals surface area contributed by atoms with Gasteiger partial charge in [-0.3, -0.25) is 4.72 Å². The second kappa shape index (κ2) is 6.07. The third-order valence-corrected chi connectivity index (χ3v) is 4.11. The summed E-state index contributed by atoms with van der Waals surface area (Å²) in [6.07, 6.45) is 1.14. The molecular weight excluding hydrogens is 354 g/mol. The number of para-hydroxylation sites is 1. The van der Waals surface area contributed by atoms with E-state index < -0.39 is 10.0 Å². The molecule has 0 spiro atoms. The van der Waals surface area contributed by atoms with E-state index in [1.807, 2.05) is 31.2 Å². The lowest BCUT2D eigenvalue weighted by molar-refractivity contribution is 0.411. The molecule has 4 nitrogen and oxygen atoms in total. The maximum absolute atomic E-state index is 11.5. The third-order valence-electron chi connectivity index (χ3n) is 3.06. The van der Waals surface area contributed by atoms with Gasteiger partial charge in [0.05, 0.1) is 19.1 Å². The quantitative estimate of drug-likeness (QED) is 0.891. The smallest absolute Gasteiger partial charge is 0.229 e. The summed E-state index contributed by atoms with van der Waals surface area (Å²) < 4.78 is 31.8. The van der Waals surface area contributed by atoms with Crippen molar-refractivity contribution >= 4 is 31.6 Å². The van der Waals surface area contributed by atoms with Crippen LogP contribution in [0.15, 0.2) is 40.9 Å². The van der Waals surface area contributed by atoms with E-state index in [0.717, 1.165) is 33.2 Å². The zero-order valence-electron chi connectivity index (χ0n) is 12.0. The molecule has 0 amide bonds. The number of sulfonamides is 1. The molecule has 112 valence electrons. The predicted octanol–water partition coefficient (Wildman–Crippen LogP) is 3.80. The van der Waals surface area contributed by atoms with Gasteiger partial charge in [-0.1, -0.05) is 34.1 Å². The Labute approximate surface area is 133 Å². The first-order valence-corrected chi connectivity index (χ1v) is 8.91. The summed E-state index contributed by atoms with van der Waals surface area (Å²) in [7, 11) is -1.73. The number of nitrogens with one attached hydrogen (secondary N) is 1. The van der Waals surface area contributed by atoms with E-state index in [-0.39, 0.29) is 0 Å². The van der Waals surface area contributed by atoms with Crippen molar-refractivity contribution in [1.29, 1.82) is 0 Å². The molecule has 0 atom stereocenters. The van der Waals surface area contributed by atoms with Gasteiger partial charge in [-0.25, -0.2) is 8.42 Å². The number of hydrogen-bond acceptors (Lipinski definition) is 3. The van der Waals surface area contributed by atoms with Gasteiger partial charge in [0.2, 0.25) is 10.0 Å². The van der Waals surface area contributed by atoms with Crippen LogP contribution in [0.1, 0.15) is 5.56 Å². The van der Waals surface area contributed by atoms with Gasteiger partial charge in [0.25, 0.3) is 0 Å². The minimum absolute atomic E-state index is 0.545. The number of rotatable bonds is 4. The van der Waals surface area contributed by atoms with Crippen LogP contribution in [0.3, 0.4) is 0 Å². The molecule has 0 heterocycles. The van der Waals surface area contributed by atoms with Crippen LogP contribution in [-0.4, -0.2) is 21.8 Å². The van der Waals surface area contributed by atoms with Crippen LogP contribution in [0.25, 0.3) is 11.1 Å². The van der Waals surface area contributed by atoms with Crippen LogP contribution < -0.4 is 9.46 Å². The maximum atomic E-state index is 11.5. The van der Waals surface area contributed by atoms with E-state index in [0.29, 0.717) is 5.69 Å². The molecule has 0 aromatic heterocycles. The minimum Gasteiger partial charge on any atom is -0.496 e. The van der Waals surface area contributed by atoms with E-state index in [1.165, 1.54) is 0 Å². The van der Waals surface area contributed by atoms with Crippen molar-refractivity contribution in [2.24, 2.45) is 0 Å². The van der Waals surface area contributed by atoms with Crippen molar-refractivity contribution in [2.45, 2.75) is 6.92 Å². The average Bonchev–Trinajstić information content (AvgIpc) is 2.40. The van der Waals surface area contributed by atoms with Crippen molar-refractivity contribution in [3.8, 4) is 16.9 Å². The third kappa shape index (κ3) is 3.77. The van der Waals surface area contributed by atoms with Gasteiger partial charge in [0.15, 0.2) is 0 Å². The molecule has 1 N–H and O–H groups in total. The van der Waals surface area contributed by atoms with E-state index >= 15 is 0 Å². The highest BCUT2D eigenvalue weighted by atomic mass is 79.9. The molecular formula is C15H16BrNO3S. The van der Waals surface area contributed by atoms with Gasteiger partial charge < -0.3 is 4.74 Å². The number of halogens is 1. The molecule has 0 bridgehead atoms. The molecule has 0 aliphatic heterocycles. The van der Waals surface area contributed by atoms with Gasteiger partial charge in [0.1, 0.15) is 5.75 Å². The largest absolute Gasteiger partial charge is 0.496 e. The van der Waals surface area contributed by atoms with Gasteiger partial charge in [-0.05, 0) is 36.2 Å². The van der Waals surface area contributed by atoms with Crippen LogP contribution in [-0.2, 0) is 10.0 Å². The lowest BCUT2D eigenvalue weighted by Crippen LogP contribution is -2.10. The number of benzene rings is 2. The Balaban J connectivity index is 2.65. The molecule has 0 aliphatic rings. The van der Waals surface area contributed by atoms with Crippen LogP contribution in [0, 0.1) is 6.92 Å². The van der Waals surface area contributed by atoms with Crippen LogP contribution >= 0.6 is 15.9 Å². The van der Waals surface area contributed by atoms with Crippen LogP contribution in [0.4, 0.5) is 5.69 Å². The fraction of sp³-hybridized carbons (Fsp3) is 0.200. The van der Waals surface area contributed by atoms with E-state index in [1.54, 1.807) is 19.2 Å². The molecule has 6 heteroatoms. The standard InChI is InChI=1S/C15H16BrNO3S/c1-10-13(8-11(16)9-15(10)20-2)12-6-4-5-7-14(12)17-21(3,18)19/h4-9,17H,1-3H3. The first kappa shape index (κ1) is 15.9. The van der Waals surface area contributed by atoms with E-state index in [2.05, 4.69) is 20.7 Å². The molecule has 0 unspecified atom stereocenters. The molecule has 0 fully saturated rings. The average molecular weight is 370 g/mol. The number of methoxy groups -OCH3 is 1. The Bertz CT molecular complexity index is 772. The number of ether oxygens (including phenoxy) is 1. The molecule has 0 radical (unpaired) electrons. The summed E-state index contributed by atoms with van der Waals surface area (Å²) in [5.41, 5.74) is 3.21. The van der Waals surface area contributed by atoms with Crippen molar-refractivity contribution in [3.63, 3.8) is 0 Å². The van der Waals surface area contributed by atoms with Gasteiger partial charge in [0, 0.05) is 10.0 Å². The zero-order chi connectivity index (χ0) is 15.6. The van der Waals surface area contributed by atoms with Crippen molar-refractivity contribution in [2.75, 3.05) is 18.1 Å². The maximum Gasteiger partial charge on any atom is 0.229 e. The van der Waals surface area contributed by atoms with Gasteiger partial charge in [-0.2, -0.15) is 0 Å². The summed E-state index contributed by atoms with van der Waals surface area (Å²) in [6, 6.07) is 11.1. The van der Waals surface area contributed by atoms with Gasteiger partial charge >= 0.3 is 0 Å². The molecule has 21 heavy (non-hydrogen) atoms. The molecule has 2 aromatic carbocycles. The molecule has 2 rings (SSSR count). The summed E-state index contributed by atoms with van der Waals surface area (Å²) in [5, 5.41) is 0. The number of hydrogen-bond donors (Lipinski definition) is 1. The lowest BCUT2D eigenvalue weighted by atomic mass is 9.98. The van der Waals surface area contributed by atoms with Crippen molar-refractivity contribution in [3.05, 3.63) is 46.4 Å². The highest BCUT2D eigenvalue weighted by Gasteiger charge is 2.14. The second-order valence-electron chi connectivity index (χ2n) is 4.70. The Morgan fingerprint density at radius 2 is 1.81 bits per heavy atom. The van der Waals surface area contributed by atoms with Gasteiger partial charge in [-0.15, -0.1) is 0 Å². The molecule has 0 aliphatic carbocycles. The Morgan fingerprint density at radius 1 is 1.14 bits per heavy atom. The summed E-state index contributed by atoms with van der Waals surface area (Å²) in [5.74, 6) is 0.744. The Kier molecular flexibility index (Phi) is 4.58. The topological polar surface area (TPSA) is 55.4 Å². The normalized spacial score (nSPS) is 11.2. The highest BCUT2D eigenvalue weighted by Crippen LogP contribution is 2.37. The second-order valence-corrected chi connectivity index (χ2v) is 7.36. The van der Waals surface area contributed by atoms with Crippen molar-refractivity contribution in [1.82, 2.24) is 0 Å². The Morgan fingerprint density at radius 3 is 2.43 bits per heavy atom.